The number of nitrogens with one attached hydrogen (secondary N) is 1. The molecule has 0 spiro atoms. The smallest absolute Gasteiger partial charge is 0.161 e. The lowest BCUT2D eigenvalue weighted by atomic mass is 10.1. The number of hydrogen-bond acceptors (Lipinski definition) is 4. The van der Waals surface area contributed by atoms with E-state index in [1.807, 2.05) is 30.2 Å². The summed E-state index contributed by atoms with van der Waals surface area (Å²) in [5.74, 6) is 1.67. The van der Waals surface area contributed by atoms with Gasteiger partial charge in [-0.15, -0.1) is 0 Å². The van der Waals surface area contributed by atoms with E-state index >= 15 is 0 Å². The molecule has 0 saturated heterocycles. The lowest BCUT2D eigenvalue weighted by Crippen LogP contribution is -2.22. The molecule has 1 aromatic heterocycles. The van der Waals surface area contributed by atoms with Crippen LogP contribution in [0.5, 0.6) is 11.5 Å². The zero-order chi connectivity index (χ0) is 14.8. The van der Waals surface area contributed by atoms with Crippen LogP contribution in [0.1, 0.15) is 37.1 Å². The van der Waals surface area contributed by atoms with Crippen molar-refractivity contribution >= 4 is 0 Å². The molecule has 1 N–H and O–H groups in total. The van der Waals surface area contributed by atoms with Crippen LogP contribution >= 0.6 is 0 Å². The van der Waals surface area contributed by atoms with Gasteiger partial charge in [-0.05, 0) is 31.5 Å². The van der Waals surface area contributed by atoms with Crippen molar-refractivity contribution in [3.8, 4) is 11.5 Å². The predicted octanol–water partition coefficient (Wildman–Crippen LogP) is 2.60. The molecule has 1 aromatic carbocycles. The molecule has 5 heteroatoms. The van der Waals surface area contributed by atoms with Gasteiger partial charge in [0.1, 0.15) is 13.2 Å². The van der Waals surface area contributed by atoms with Crippen LogP contribution in [-0.2, 0) is 7.05 Å². The molecule has 1 aliphatic rings. The summed E-state index contributed by atoms with van der Waals surface area (Å²) in [7, 11) is 1.93. The Kier molecular flexibility index (Phi) is 3.84. The van der Waals surface area contributed by atoms with Gasteiger partial charge < -0.3 is 14.8 Å². The van der Waals surface area contributed by atoms with Gasteiger partial charge in [-0.1, -0.05) is 6.07 Å². The molecule has 0 aliphatic carbocycles. The molecule has 2 heterocycles. The van der Waals surface area contributed by atoms with Crippen molar-refractivity contribution in [3.63, 3.8) is 0 Å². The van der Waals surface area contributed by atoms with E-state index in [0.29, 0.717) is 13.2 Å². The van der Waals surface area contributed by atoms with E-state index in [1.165, 1.54) is 11.1 Å². The Morgan fingerprint density at radius 3 is 2.52 bits per heavy atom. The molecule has 1 aliphatic heterocycles. The first-order chi connectivity index (χ1) is 10.1. The fourth-order valence-electron chi connectivity index (χ4n) is 2.56. The summed E-state index contributed by atoms with van der Waals surface area (Å²) in [5, 5.41) is 7.80. The minimum atomic E-state index is 0.219. The Bertz CT molecular complexity index is 624. The van der Waals surface area contributed by atoms with E-state index in [-0.39, 0.29) is 12.1 Å². The summed E-state index contributed by atoms with van der Waals surface area (Å²) in [6, 6.07) is 6.58. The highest BCUT2D eigenvalue weighted by atomic mass is 16.6. The number of aromatic nitrogens is 2. The molecule has 21 heavy (non-hydrogen) atoms. The number of hydrogen-bond donors (Lipinski definition) is 1. The van der Waals surface area contributed by atoms with Crippen molar-refractivity contribution in [2.75, 3.05) is 13.2 Å². The molecule has 5 nitrogen and oxygen atoms in total. The normalized spacial score (nSPS) is 16.5. The highest BCUT2D eigenvalue weighted by Gasteiger charge is 2.16. The first-order valence-electron chi connectivity index (χ1n) is 7.27. The maximum Gasteiger partial charge on any atom is 0.161 e. The fraction of sp³-hybridized carbons (Fsp3) is 0.438. The highest BCUT2D eigenvalue weighted by molar-refractivity contribution is 5.44. The van der Waals surface area contributed by atoms with E-state index in [2.05, 4.69) is 36.4 Å². The molecule has 2 atom stereocenters. The summed E-state index contributed by atoms with van der Waals surface area (Å²) in [6.07, 6.45) is 3.93. The zero-order valence-corrected chi connectivity index (χ0v) is 12.7. The van der Waals surface area contributed by atoms with Crippen LogP contribution < -0.4 is 14.8 Å². The lowest BCUT2D eigenvalue weighted by Gasteiger charge is -2.23. The molecule has 0 fully saturated rings. The Morgan fingerprint density at radius 2 is 1.81 bits per heavy atom. The molecule has 2 unspecified atom stereocenters. The second-order valence-corrected chi connectivity index (χ2v) is 5.46. The van der Waals surface area contributed by atoms with Gasteiger partial charge in [0.15, 0.2) is 11.5 Å². The van der Waals surface area contributed by atoms with Gasteiger partial charge in [0, 0.05) is 30.9 Å². The monoisotopic (exact) mass is 287 g/mol. The minimum Gasteiger partial charge on any atom is -0.486 e. The Labute approximate surface area is 124 Å². The van der Waals surface area contributed by atoms with Crippen molar-refractivity contribution in [2.45, 2.75) is 25.9 Å². The number of fused-ring (bicyclic) bond motifs is 1. The standard InChI is InChI=1S/C16H21N3O2/c1-11(18-12(2)14-9-17-19(3)10-14)13-4-5-15-16(8-13)21-7-6-20-15/h4-5,8-12,18H,6-7H2,1-3H3. The Hall–Kier alpha value is -2.01. The molecule has 0 saturated carbocycles. The van der Waals surface area contributed by atoms with Crippen molar-refractivity contribution < 1.29 is 9.47 Å². The van der Waals surface area contributed by atoms with E-state index in [1.54, 1.807) is 0 Å². The van der Waals surface area contributed by atoms with E-state index < -0.39 is 0 Å². The van der Waals surface area contributed by atoms with E-state index in [4.69, 9.17) is 9.47 Å². The number of nitrogens with zero attached hydrogens (tertiary/aromatic N) is 2. The summed E-state index contributed by atoms with van der Waals surface area (Å²) >= 11 is 0. The topological polar surface area (TPSA) is 48.3 Å². The zero-order valence-electron chi connectivity index (χ0n) is 12.7. The quantitative estimate of drug-likeness (QED) is 0.939. The summed E-state index contributed by atoms with van der Waals surface area (Å²) in [4.78, 5) is 0. The molecule has 0 bridgehead atoms. The summed E-state index contributed by atoms with van der Waals surface area (Å²) in [6.45, 7) is 5.53. The van der Waals surface area contributed by atoms with Crippen LogP contribution in [-0.4, -0.2) is 23.0 Å². The second-order valence-electron chi connectivity index (χ2n) is 5.46. The van der Waals surface area contributed by atoms with Crippen LogP contribution in [0.3, 0.4) is 0 Å². The first-order valence-corrected chi connectivity index (χ1v) is 7.27. The third-order valence-corrected chi connectivity index (χ3v) is 3.79. The number of benzene rings is 1. The van der Waals surface area contributed by atoms with Crippen molar-refractivity contribution in [2.24, 2.45) is 7.05 Å². The van der Waals surface area contributed by atoms with Crippen LogP contribution in [0.2, 0.25) is 0 Å². The average molecular weight is 287 g/mol. The SMILES string of the molecule is CC(NC(C)c1cnn(C)c1)c1ccc2c(c1)OCCO2. The average Bonchev–Trinajstić information content (AvgIpc) is 2.93. The van der Waals surface area contributed by atoms with Crippen molar-refractivity contribution in [3.05, 3.63) is 41.7 Å². The Balaban J connectivity index is 1.71. The van der Waals surface area contributed by atoms with E-state index in [0.717, 1.165) is 11.5 Å². The molecule has 112 valence electrons. The lowest BCUT2D eigenvalue weighted by molar-refractivity contribution is 0.171. The van der Waals surface area contributed by atoms with Gasteiger partial charge in [-0.25, -0.2) is 0 Å². The van der Waals surface area contributed by atoms with Gasteiger partial charge in [-0.2, -0.15) is 5.10 Å². The molecule has 3 rings (SSSR count). The van der Waals surface area contributed by atoms with Gasteiger partial charge in [0.2, 0.25) is 0 Å². The third-order valence-electron chi connectivity index (χ3n) is 3.79. The maximum absolute atomic E-state index is 5.64. The van der Waals surface area contributed by atoms with Crippen LogP contribution in [0.25, 0.3) is 0 Å². The number of ether oxygens (including phenoxy) is 2. The van der Waals surface area contributed by atoms with Crippen molar-refractivity contribution in [1.82, 2.24) is 15.1 Å². The third kappa shape index (κ3) is 3.03. The molecule has 2 aromatic rings. The molecule has 0 amide bonds. The first kappa shape index (κ1) is 13.9. The molecule has 0 radical (unpaired) electrons. The largest absolute Gasteiger partial charge is 0.486 e. The van der Waals surface area contributed by atoms with Crippen LogP contribution in [0.4, 0.5) is 0 Å². The van der Waals surface area contributed by atoms with Gasteiger partial charge >= 0.3 is 0 Å². The Morgan fingerprint density at radius 1 is 1.10 bits per heavy atom. The van der Waals surface area contributed by atoms with Crippen LogP contribution in [0, 0.1) is 0 Å². The van der Waals surface area contributed by atoms with Gasteiger partial charge in [-0.3, -0.25) is 4.68 Å². The summed E-state index contributed by atoms with van der Waals surface area (Å²) < 4.78 is 13.0. The highest BCUT2D eigenvalue weighted by Crippen LogP contribution is 2.33. The minimum absolute atomic E-state index is 0.219. The number of rotatable bonds is 4. The maximum atomic E-state index is 5.64. The van der Waals surface area contributed by atoms with E-state index in [9.17, 15) is 0 Å². The number of aryl methyl sites for hydroxylation is 1. The molecular formula is C16H21N3O2. The van der Waals surface area contributed by atoms with Gasteiger partial charge in [0.25, 0.3) is 0 Å². The molecular weight excluding hydrogens is 266 g/mol. The predicted molar refractivity (Wildman–Crippen MR) is 80.6 cm³/mol. The van der Waals surface area contributed by atoms with Gasteiger partial charge in [0.05, 0.1) is 6.20 Å². The van der Waals surface area contributed by atoms with Crippen LogP contribution in [0.15, 0.2) is 30.6 Å². The fourth-order valence-corrected chi connectivity index (χ4v) is 2.56. The second kappa shape index (κ2) is 5.77. The summed E-state index contributed by atoms with van der Waals surface area (Å²) in [5.41, 5.74) is 2.37. The van der Waals surface area contributed by atoms with Crippen molar-refractivity contribution in [1.29, 1.82) is 0 Å².